The van der Waals surface area contributed by atoms with Crippen LogP contribution in [0, 0.1) is 0 Å². The van der Waals surface area contributed by atoms with Crippen LogP contribution in [0.25, 0.3) is 0 Å². The highest BCUT2D eigenvalue weighted by Gasteiger charge is 2.12. The maximum absolute atomic E-state index is 11.2. The third kappa shape index (κ3) is 4.33. The SMILES string of the molecule is CCNC(=O)NCC(O)c1ccc(OC)c(OC)c1. The summed E-state index contributed by atoms with van der Waals surface area (Å²) >= 11 is 0. The van der Waals surface area contributed by atoms with Crippen LogP contribution in [-0.4, -0.2) is 38.4 Å². The highest BCUT2D eigenvalue weighted by Crippen LogP contribution is 2.29. The molecule has 0 saturated heterocycles. The molecule has 1 unspecified atom stereocenters. The van der Waals surface area contributed by atoms with E-state index in [-0.39, 0.29) is 12.6 Å². The van der Waals surface area contributed by atoms with E-state index in [0.29, 0.717) is 23.6 Å². The quantitative estimate of drug-likeness (QED) is 0.720. The number of urea groups is 1. The van der Waals surface area contributed by atoms with Gasteiger partial charge in [-0.3, -0.25) is 0 Å². The molecule has 0 aliphatic rings. The lowest BCUT2D eigenvalue weighted by molar-refractivity contribution is 0.172. The number of hydrogen-bond donors (Lipinski definition) is 3. The third-order valence-corrected chi connectivity index (χ3v) is 2.59. The van der Waals surface area contributed by atoms with Crippen LogP contribution in [0.15, 0.2) is 18.2 Å². The number of rotatable bonds is 6. The monoisotopic (exact) mass is 268 g/mol. The molecule has 106 valence electrons. The molecule has 6 nitrogen and oxygen atoms in total. The molecule has 1 aromatic carbocycles. The molecule has 2 amide bonds. The van der Waals surface area contributed by atoms with Gasteiger partial charge in [-0.05, 0) is 24.6 Å². The Morgan fingerprint density at radius 1 is 1.26 bits per heavy atom. The molecule has 0 spiro atoms. The molecule has 3 N–H and O–H groups in total. The van der Waals surface area contributed by atoms with Crippen molar-refractivity contribution in [1.82, 2.24) is 10.6 Å². The maximum Gasteiger partial charge on any atom is 0.314 e. The predicted octanol–water partition coefficient (Wildman–Crippen LogP) is 1.06. The lowest BCUT2D eigenvalue weighted by Gasteiger charge is -2.15. The van der Waals surface area contributed by atoms with Crippen molar-refractivity contribution in [1.29, 1.82) is 0 Å². The van der Waals surface area contributed by atoms with E-state index >= 15 is 0 Å². The second-order valence-electron chi connectivity index (χ2n) is 3.87. The standard InChI is InChI=1S/C13H20N2O4/c1-4-14-13(17)15-8-10(16)9-5-6-11(18-2)12(7-9)19-3/h5-7,10,16H,4,8H2,1-3H3,(H2,14,15,17). The lowest BCUT2D eigenvalue weighted by Crippen LogP contribution is -2.37. The number of benzene rings is 1. The number of aliphatic hydroxyl groups is 1. The topological polar surface area (TPSA) is 79.8 Å². The Morgan fingerprint density at radius 2 is 1.95 bits per heavy atom. The first-order valence-corrected chi connectivity index (χ1v) is 6.04. The average Bonchev–Trinajstić information content (AvgIpc) is 2.44. The van der Waals surface area contributed by atoms with Gasteiger partial charge >= 0.3 is 6.03 Å². The number of carbonyl (C=O) groups is 1. The highest BCUT2D eigenvalue weighted by molar-refractivity contribution is 5.73. The van der Waals surface area contributed by atoms with Crippen LogP contribution in [-0.2, 0) is 0 Å². The molecule has 19 heavy (non-hydrogen) atoms. The molecule has 0 radical (unpaired) electrons. The Morgan fingerprint density at radius 3 is 2.53 bits per heavy atom. The minimum Gasteiger partial charge on any atom is -0.493 e. The first kappa shape index (κ1) is 15.1. The minimum absolute atomic E-state index is 0.126. The summed E-state index contributed by atoms with van der Waals surface area (Å²) in [5.41, 5.74) is 0.648. The molecule has 0 aliphatic heterocycles. The Bertz CT molecular complexity index is 423. The molecular weight excluding hydrogens is 248 g/mol. The number of aliphatic hydroxyl groups excluding tert-OH is 1. The molecule has 0 saturated carbocycles. The van der Waals surface area contributed by atoms with Gasteiger partial charge in [0.15, 0.2) is 11.5 Å². The Hall–Kier alpha value is -1.95. The van der Waals surface area contributed by atoms with Gasteiger partial charge in [0.25, 0.3) is 0 Å². The van der Waals surface area contributed by atoms with E-state index in [1.54, 1.807) is 25.3 Å². The molecule has 0 aliphatic carbocycles. The molecule has 0 aromatic heterocycles. The third-order valence-electron chi connectivity index (χ3n) is 2.59. The summed E-state index contributed by atoms with van der Waals surface area (Å²) in [6.45, 7) is 2.49. The Kier molecular flexibility index (Phi) is 5.95. The molecule has 1 rings (SSSR count). The fraction of sp³-hybridized carbons (Fsp3) is 0.462. The summed E-state index contributed by atoms with van der Waals surface area (Å²) < 4.78 is 10.3. The molecule has 0 bridgehead atoms. The number of ether oxygens (including phenoxy) is 2. The first-order valence-electron chi connectivity index (χ1n) is 6.04. The van der Waals surface area contributed by atoms with E-state index in [1.165, 1.54) is 7.11 Å². The normalized spacial score (nSPS) is 11.6. The number of nitrogens with one attached hydrogen (secondary N) is 2. The molecule has 0 fully saturated rings. The van der Waals surface area contributed by atoms with Crippen molar-refractivity contribution in [2.75, 3.05) is 27.3 Å². The second-order valence-corrected chi connectivity index (χ2v) is 3.87. The Balaban J connectivity index is 2.66. The fourth-order valence-electron chi connectivity index (χ4n) is 1.59. The van der Waals surface area contributed by atoms with Gasteiger partial charge in [-0.1, -0.05) is 6.07 Å². The zero-order valence-electron chi connectivity index (χ0n) is 11.4. The summed E-state index contributed by atoms with van der Waals surface area (Å²) in [5.74, 6) is 1.13. The van der Waals surface area contributed by atoms with Crippen LogP contribution in [0.1, 0.15) is 18.6 Å². The maximum atomic E-state index is 11.2. The summed E-state index contributed by atoms with van der Waals surface area (Å²) in [6, 6.07) is 4.82. The van der Waals surface area contributed by atoms with Crippen molar-refractivity contribution >= 4 is 6.03 Å². The zero-order valence-corrected chi connectivity index (χ0v) is 11.4. The first-order chi connectivity index (χ1) is 9.12. The fourth-order valence-corrected chi connectivity index (χ4v) is 1.59. The number of carbonyl (C=O) groups excluding carboxylic acids is 1. The van der Waals surface area contributed by atoms with Gasteiger partial charge in [0.2, 0.25) is 0 Å². The molecule has 1 atom stereocenters. The lowest BCUT2D eigenvalue weighted by atomic mass is 10.1. The van der Waals surface area contributed by atoms with Crippen molar-refractivity contribution in [3.8, 4) is 11.5 Å². The van der Waals surface area contributed by atoms with Gasteiger partial charge in [-0.15, -0.1) is 0 Å². The summed E-state index contributed by atoms with van der Waals surface area (Å²) in [6.07, 6.45) is -0.803. The summed E-state index contributed by atoms with van der Waals surface area (Å²) in [7, 11) is 3.07. The van der Waals surface area contributed by atoms with Crippen LogP contribution in [0.4, 0.5) is 4.79 Å². The van der Waals surface area contributed by atoms with E-state index in [2.05, 4.69) is 10.6 Å². The van der Waals surface area contributed by atoms with Gasteiger partial charge in [-0.2, -0.15) is 0 Å². The summed E-state index contributed by atoms with van der Waals surface area (Å²) in [5, 5.41) is 15.1. The summed E-state index contributed by atoms with van der Waals surface area (Å²) in [4.78, 5) is 11.2. The van der Waals surface area contributed by atoms with Crippen LogP contribution < -0.4 is 20.1 Å². The minimum atomic E-state index is -0.803. The van der Waals surface area contributed by atoms with E-state index in [4.69, 9.17) is 9.47 Å². The van der Waals surface area contributed by atoms with Gasteiger partial charge in [-0.25, -0.2) is 4.79 Å². The number of amides is 2. The van der Waals surface area contributed by atoms with Crippen molar-refractivity contribution < 1.29 is 19.4 Å². The van der Waals surface area contributed by atoms with E-state index in [1.807, 2.05) is 6.92 Å². The van der Waals surface area contributed by atoms with Gasteiger partial charge in [0.05, 0.1) is 20.3 Å². The second kappa shape index (κ2) is 7.48. The van der Waals surface area contributed by atoms with Gasteiger partial charge in [0.1, 0.15) is 0 Å². The molecule has 1 aromatic rings. The molecular formula is C13H20N2O4. The Labute approximate surface area is 112 Å². The van der Waals surface area contributed by atoms with Crippen LogP contribution in [0.2, 0.25) is 0 Å². The molecule has 6 heteroatoms. The van der Waals surface area contributed by atoms with E-state index in [9.17, 15) is 9.90 Å². The van der Waals surface area contributed by atoms with Crippen molar-refractivity contribution in [2.24, 2.45) is 0 Å². The van der Waals surface area contributed by atoms with Crippen LogP contribution >= 0.6 is 0 Å². The number of methoxy groups -OCH3 is 2. The van der Waals surface area contributed by atoms with Crippen molar-refractivity contribution in [3.63, 3.8) is 0 Å². The van der Waals surface area contributed by atoms with E-state index < -0.39 is 6.10 Å². The highest BCUT2D eigenvalue weighted by atomic mass is 16.5. The van der Waals surface area contributed by atoms with E-state index in [0.717, 1.165) is 0 Å². The van der Waals surface area contributed by atoms with Gasteiger partial charge < -0.3 is 25.2 Å². The predicted molar refractivity (Wildman–Crippen MR) is 71.6 cm³/mol. The number of hydrogen-bond acceptors (Lipinski definition) is 4. The van der Waals surface area contributed by atoms with Crippen molar-refractivity contribution in [3.05, 3.63) is 23.8 Å². The van der Waals surface area contributed by atoms with Crippen molar-refractivity contribution in [2.45, 2.75) is 13.0 Å². The molecule has 0 heterocycles. The van der Waals surface area contributed by atoms with Crippen LogP contribution in [0.5, 0.6) is 11.5 Å². The average molecular weight is 268 g/mol. The van der Waals surface area contributed by atoms with Gasteiger partial charge in [0, 0.05) is 13.1 Å². The van der Waals surface area contributed by atoms with Crippen LogP contribution in [0.3, 0.4) is 0 Å². The smallest absolute Gasteiger partial charge is 0.314 e. The largest absolute Gasteiger partial charge is 0.493 e. The zero-order chi connectivity index (χ0) is 14.3.